The first-order valence-electron chi connectivity index (χ1n) is 19.8. The van der Waals surface area contributed by atoms with Gasteiger partial charge in [-0.25, -0.2) is 4.79 Å². The van der Waals surface area contributed by atoms with Crippen LogP contribution in [0.4, 0.5) is 4.79 Å². The number of nitrogens with one attached hydrogen (secondary N) is 2. The van der Waals surface area contributed by atoms with Gasteiger partial charge < -0.3 is 40.0 Å². The second-order valence-corrected chi connectivity index (χ2v) is 15.2. The Hall–Kier alpha value is -6.14. The molecule has 11 heteroatoms. The maximum Gasteiger partial charge on any atom is 0.408 e. The molecule has 3 saturated heterocycles. The van der Waals surface area contributed by atoms with Crippen molar-refractivity contribution in [2.75, 3.05) is 33.3 Å². The molecule has 4 heterocycles. The number of aromatic nitrogens is 1. The van der Waals surface area contributed by atoms with E-state index in [0.29, 0.717) is 41.3 Å². The van der Waals surface area contributed by atoms with E-state index < -0.39 is 18.2 Å². The molecule has 3 aliphatic rings. The number of carboxylic acid groups (broad SMARTS) is 1. The van der Waals surface area contributed by atoms with Gasteiger partial charge in [-0.2, -0.15) is 0 Å². The molecule has 9 rings (SSSR count). The first-order valence-corrected chi connectivity index (χ1v) is 19.8. The Morgan fingerprint density at radius 2 is 1.66 bits per heavy atom. The fraction of sp³-hybridized carbons (Fsp3) is 0.277. The summed E-state index contributed by atoms with van der Waals surface area (Å²) >= 11 is 0. The lowest BCUT2D eigenvalue weighted by Crippen LogP contribution is -2.59. The minimum absolute atomic E-state index is 0.0501. The Kier molecular flexibility index (Phi) is 11.5. The number of aromatic hydroxyl groups is 1. The number of hydrogen-bond acceptors (Lipinski definition) is 8. The van der Waals surface area contributed by atoms with Crippen LogP contribution in [0.1, 0.15) is 52.8 Å². The molecule has 3 fully saturated rings. The summed E-state index contributed by atoms with van der Waals surface area (Å²) in [6, 6.07) is 37.4. The maximum absolute atomic E-state index is 13.1. The highest BCUT2D eigenvalue weighted by Crippen LogP contribution is 2.39. The van der Waals surface area contributed by atoms with Gasteiger partial charge in [-0.3, -0.25) is 9.69 Å². The van der Waals surface area contributed by atoms with Crippen LogP contribution in [0.2, 0.25) is 0 Å². The summed E-state index contributed by atoms with van der Waals surface area (Å²) in [7, 11) is 1.65. The van der Waals surface area contributed by atoms with Crippen molar-refractivity contribution in [3.63, 3.8) is 0 Å². The fourth-order valence-corrected chi connectivity index (χ4v) is 8.67. The highest BCUT2D eigenvalue weighted by molar-refractivity contribution is 5.87. The number of benzene rings is 5. The molecule has 3 atom stereocenters. The molecule has 5 N–H and O–H groups in total. The number of phenolic OH excluding ortho intramolecular Hbond substituents is 1. The van der Waals surface area contributed by atoms with Crippen LogP contribution < -0.4 is 20.3 Å². The van der Waals surface area contributed by atoms with Crippen molar-refractivity contribution in [3.8, 4) is 28.4 Å². The van der Waals surface area contributed by atoms with Gasteiger partial charge in [0.15, 0.2) is 0 Å². The molecule has 1 amide bonds. The molecule has 5 aromatic carbocycles. The van der Waals surface area contributed by atoms with E-state index in [2.05, 4.69) is 21.3 Å². The zero-order valence-corrected chi connectivity index (χ0v) is 32.4. The lowest BCUT2D eigenvalue weighted by atomic mass is 9.81. The van der Waals surface area contributed by atoms with Crippen molar-refractivity contribution in [1.29, 1.82) is 0 Å². The van der Waals surface area contributed by atoms with Gasteiger partial charge in [0.25, 0.3) is 0 Å². The average molecular weight is 781 g/mol. The van der Waals surface area contributed by atoms with Crippen molar-refractivity contribution < 1.29 is 29.6 Å². The van der Waals surface area contributed by atoms with Gasteiger partial charge in [0.1, 0.15) is 23.9 Å². The number of methoxy groups -OCH3 is 1. The lowest BCUT2D eigenvalue weighted by Gasteiger charge is -2.50. The fourth-order valence-electron chi connectivity index (χ4n) is 8.67. The van der Waals surface area contributed by atoms with Gasteiger partial charge in [-0.1, -0.05) is 78.9 Å². The van der Waals surface area contributed by atoms with Crippen LogP contribution in [0.15, 0.2) is 126 Å². The van der Waals surface area contributed by atoms with E-state index in [0.717, 1.165) is 71.6 Å². The number of rotatable bonds is 14. The molecule has 1 aromatic heterocycles. The van der Waals surface area contributed by atoms with Crippen LogP contribution in [0.25, 0.3) is 22.0 Å². The highest BCUT2D eigenvalue weighted by Gasteiger charge is 2.43. The van der Waals surface area contributed by atoms with E-state index in [-0.39, 0.29) is 23.9 Å². The summed E-state index contributed by atoms with van der Waals surface area (Å²) in [5.41, 5.74) is 6.26. The number of H-pyrrole nitrogens is 1. The normalized spacial score (nSPS) is 18.4. The van der Waals surface area contributed by atoms with Crippen LogP contribution in [-0.2, 0) is 13.2 Å². The van der Waals surface area contributed by atoms with E-state index in [4.69, 9.17) is 9.47 Å². The molecule has 0 radical (unpaired) electrons. The van der Waals surface area contributed by atoms with Crippen LogP contribution in [0.3, 0.4) is 0 Å². The van der Waals surface area contributed by atoms with Crippen LogP contribution in [0, 0.1) is 5.92 Å². The molecule has 298 valence electrons. The van der Waals surface area contributed by atoms with Gasteiger partial charge in [0.05, 0.1) is 30.8 Å². The smallest absolute Gasteiger partial charge is 0.408 e. The largest absolute Gasteiger partial charge is 0.506 e. The maximum atomic E-state index is 13.1. The summed E-state index contributed by atoms with van der Waals surface area (Å²) in [6.07, 6.45) is 0.261. The number of fused-ring (bicyclic) bond motifs is 4. The van der Waals surface area contributed by atoms with Crippen molar-refractivity contribution >= 4 is 17.0 Å². The predicted octanol–water partition coefficient (Wildman–Crippen LogP) is 7.48. The summed E-state index contributed by atoms with van der Waals surface area (Å²) in [4.78, 5) is 31.6. The summed E-state index contributed by atoms with van der Waals surface area (Å²) in [6.45, 7) is 3.90. The Morgan fingerprint density at radius 3 is 2.38 bits per heavy atom. The van der Waals surface area contributed by atoms with Crippen molar-refractivity contribution in [3.05, 3.63) is 159 Å². The Labute approximate surface area is 337 Å². The van der Waals surface area contributed by atoms with E-state index in [1.165, 1.54) is 12.1 Å². The zero-order chi connectivity index (χ0) is 40.2. The number of nitrogens with zero attached hydrogens (tertiary/aromatic N) is 2. The van der Waals surface area contributed by atoms with Gasteiger partial charge in [0, 0.05) is 36.7 Å². The number of aliphatic hydroxyl groups is 1. The molecule has 2 bridgehead atoms. The van der Waals surface area contributed by atoms with Crippen LogP contribution in [0.5, 0.6) is 17.2 Å². The third-order valence-corrected chi connectivity index (χ3v) is 11.6. The lowest BCUT2D eigenvalue weighted by molar-refractivity contribution is -0.000812. The molecular formula is C47H48N4O7. The molecule has 6 aromatic rings. The van der Waals surface area contributed by atoms with Crippen molar-refractivity contribution in [1.82, 2.24) is 20.1 Å². The van der Waals surface area contributed by atoms with Crippen LogP contribution >= 0.6 is 0 Å². The van der Waals surface area contributed by atoms with E-state index >= 15 is 0 Å². The summed E-state index contributed by atoms with van der Waals surface area (Å²) in [5, 5.41) is 35.8. The molecule has 0 unspecified atom stereocenters. The number of hydrogen-bond donors (Lipinski definition) is 5. The second kappa shape index (κ2) is 17.2. The van der Waals surface area contributed by atoms with Gasteiger partial charge in [-0.05, 0) is 102 Å². The number of ether oxygens (including phenoxy) is 2. The average Bonchev–Trinajstić information content (AvgIpc) is 3.26. The summed E-state index contributed by atoms with van der Waals surface area (Å²) < 4.78 is 12.1. The molecule has 11 nitrogen and oxygen atoms in total. The van der Waals surface area contributed by atoms with Crippen LogP contribution in [-0.4, -0.2) is 75.5 Å². The minimum atomic E-state index is -0.906. The quantitative estimate of drug-likeness (QED) is 0.0760. The number of piperidine rings is 3. The number of pyridine rings is 1. The summed E-state index contributed by atoms with van der Waals surface area (Å²) in [5.74, 6) is 1.70. The third-order valence-electron chi connectivity index (χ3n) is 11.6. The first kappa shape index (κ1) is 38.7. The molecule has 0 aliphatic carbocycles. The van der Waals surface area contributed by atoms with Gasteiger partial charge in [-0.15, -0.1) is 0 Å². The van der Waals surface area contributed by atoms with Gasteiger partial charge >= 0.3 is 6.09 Å². The second-order valence-electron chi connectivity index (χ2n) is 15.2. The SMILES string of the molecule is COc1ccc(CNC[C@H](O)c2ccc(O)c3[nH]c(=O)ccc23)cc1-c1ccc(COc2cccc([C@H](c3ccccc3)N(C(=O)O)[C@H]3CN4CCC3CC4)c2)cc1. The predicted molar refractivity (Wildman–Crippen MR) is 223 cm³/mol. The number of amides is 1. The monoisotopic (exact) mass is 780 g/mol. The number of aromatic amines is 1. The van der Waals surface area contributed by atoms with E-state index in [1.54, 1.807) is 24.1 Å². The third kappa shape index (κ3) is 8.29. The molecule has 0 spiro atoms. The number of phenols is 1. The Bertz CT molecular complexity index is 2430. The van der Waals surface area contributed by atoms with E-state index in [1.807, 2.05) is 91.0 Å². The standard InChI is InChI=1S/C47H48N4O7/c1-57-43-18-12-31(26-48-27-42(53)37-15-17-41(52)45-38(37)16-19-44(54)49-45)24-39(43)32-13-10-30(11-14-32)29-58-36-9-5-8-35(25-36)46(34-6-3-2-4-7-34)51(47(55)56)40-28-50-22-20-33(40)21-23-50/h2-19,24-25,33,40,42,46,48,52-53H,20-23,26-29H2,1H3,(H,49,54)(H,55,56)/t40-,42-,46-/m0/s1. The zero-order valence-electron chi connectivity index (χ0n) is 32.4. The van der Waals surface area contributed by atoms with Crippen molar-refractivity contribution in [2.24, 2.45) is 5.92 Å². The van der Waals surface area contributed by atoms with E-state index in [9.17, 15) is 24.9 Å². The first-order chi connectivity index (χ1) is 28.2. The molecule has 3 aliphatic heterocycles. The molecule has 58 heavy (non-hydrogen) atoms. The highest BCUT2D eigenvalue weighted by atomic mass is 16.5. The molecule has 0 saturated carbocycles. The van der Waals surface area contributed by atoms with Crippen molar-refractivity contribution in [2.45, 2.75) is 44.2 Å². The Balaban J connectivity index is 0.941. The molecular weight excluding hydrogens is 733 g/mol. The Morgan fingerprint density at radius 1 is 0.897 bits per heavy atom. The number of aliphatic hydroxyl groups excluding tert-OH is 1. The minimum Gasteiger partial charge on any atom is -0.506 e. The van der Waals surface area contributed by atoms with Gasteiger partial charge in [0.2, 0.25) is 5.56 Å². The number of carbonyl (C=O) groups is 1. The topological polar surface area (TPSA) is 148 Å².